The van der Waals surface area contributed by atoms with Gasteiger partial charge in [-0.05, 0) is 48.4 Å². The Morgan fingerprint density at radius 1 is 1.03 bits per heavy atom. The summed E-state index contributed by atoms with van der Waals surface area (Å²) in [5, 5.41) is 7.64. The predicted octanol–water partition coefficient (Wildman–Crippen LogP) is 4.84. The summed E-state index contributed by atoms with van der Waals surface area (Å²) in [5.74, 6) is -0.178. The third-order valence-electron chi connectivity index (χ3n) is 5.05. The molecule has 160 valence electrons. The Morgan fingerprint density at radius 2 is 1.88 bits per heavy atom. The first-order chi connectivity index (χ1) is 15.5. The first kappa shape index (κ1) is 21.5. The fraction of sp³-hybridized carbons (Fsp3) is 0.120. The zero-order chi connectivity index (χ0) is 22.5. The van der Waals surface area contributed by atoms with Crippen LogP contribution in [0.15, 0.2) is 79.3 Å². The smallest absolute Gasteiger partial charge is 0.228 e. The molecule has 1 N–H and O–H groups in total. The zero-order valence-corrected chi connectivity index (χ0v) is 18.2. The largest absolute Gasteiger partial charge is 0.324 e. The van der Waals surface area contributed by atoms with Gasteiger partial charge in [-0.15, -0.1) is 0 Å². The van der Waals surface area contributed by atoms with Crippen LogP contribution in [0.5, 0.6) is 0 Å². The van der Waals surface area contributed by atoms with Gasteiger partial charge in [0.05, 0.1) is 29.0 Å². The molecule has 0 saturated heterocycles. The third-order valence-corrected chi connectivity index (χ3v) is 5.38. The number of ketones is 1. The number of rotatable bonds is 7. The van der Waals surface area contributed by atoms with Gasteiger partial charge in [0.25, 0.3) is 0 Å². The van der Waals surface area contributed by atoms with Crippen LogP contribution in [0.3, 0.4) is 0 Å². The second-order valence-corrected chi connectivity index (χ2v) is 7.80. The highest BCUT2D eigenvalue weighted by molar-refractivity contribution is 6.33. The highest BCUT2D eigenvalue weighted by Gasteiger charge is 2.12. The van der Waals surface area contributed by atoms with Crippen molar-refractivity contribution in [3.63, 3.8) is 0 Å². The molecule has 4 rings (SSSR count). The van der Waals surface area contributed by atoms with Gasteiger partial charge in [0, 0.05) is 30.1 Å². The number of hydrogen-bond donors (Lipinski definition) is 1. The van der Waals surface area contributed by atoms with Gasteiger partial charge in [0.1, 0.15) is 0 Å². The average Bonchev–Trinajstić information content (AvgIpc) is 3.25. The minimum atomic E-state index is -0.187. The van der Waals surface area contributed by atoms with Gasteiger partial charge in [0.15, 0.2) is 5.78 Å². The normalized spacial score (nSPS) is 10.7. The lowest BCUT2D eigenvalue weighted by Crippen LogP contribution is -2.14. The topological polar surface area (TPSA) is 76.9 Å². The van der Waals surface area contributed by atoms with Gasteiger partial charge in [-0.2, -0.15) is 5.10 Å². The Labute approximate surface area is 190 Å². The molecule has 6 nitrogen and oxygen atoms in total. The summed E-state index contributed by atoms with van der Waals surface area (Å²) in [4.78, 5) is 29.4. The van der Waals surface area contributed by atoms with E-state index in [1.807, 2.05) is 37.3 Å². The lowest BCUT2D eigenvalue weighted by atomic mass is 10.0. The van der Waals surface area contributed by atoms with E-state index in [1.54, 1.807) is 53.6 Å². The molecule has 0 atom stereocenters. The SMILES string of the molecule is Cc1ncccc1CC(=O)c1cccc(-n2cc(CC(=O)Nc3ccccc3Cl)cn2)c1. The van der Waals surface area contributed by atoms with Crippen molar-refractivity contribution in [1.29, 1.82) is 0 Å². The summed E-state index contributed by atoms with van der Waals surface area (Å²) in [6.45, 7) is 1.90. The van der Waals surface area contributed by atoms with Crippen LogP contribution in [0, 0.1) is 6.92 Å². The summed E-state index contributed by atoms with van der Waals surface area (Å²) < 4.78 is 1.66. The van der Waals surface area contributed by atoms with E-state index in [-0.39, 0.29) is 24.5 Å². The maximum absolute atomic E-state index is 12.8. The number of pyridine rings is 1. The predicted molar refractivity (Wildman–Crippen MR) is 124 cm³/mol. The van der Waals surface area contributed by atoms with Gasteiger partial charge in [-0.25, -0.2) is 4.68 Å². The van der Waals surface area contributed by atoms with Crippen LogP contribution in [0.4, 0.5) is 5.69 Å². The highest BCUT2D eigenvalue weighted by Crippen LogP contribution is 2.21. The minimum Gasteiger partial charge on any atom is -0.324 e. The number of benzene rings is 2. The van der Waals surface area contributed by atoms with Crippen molar-refractivity contribution in [2.45, 2.75) is 19.8 Å². The summed E-state index contributed by atoms with van der Waals surface area (Å²) in [5.41, 5.74) is 4.42. The standard InChI is InChI=1S/C25H21ClN4O2/c1-17-19(7-5-11-27-17)14-24(31)20-6-4-8-21(13-20)30-16-18(15-28-30)12-25(32)29-23-10-3-2-9-22(23)26/h2-11,13,15-16H,12,14H2,1H3,(H,29,32). The second kappa shape index (κ2) is 9.58. The summed E-state index contributed by atoms with van der Waals surface area (Å²) in [7, 11) is 0. The number of nitrogens with one attached hydrogen (secondary N) is 1. The van der Waals surface area contributed by atoms with E-state index in [2.05, 4.69) is 15.4 Å². The number of aromatic nitrogens is 3. The van der Waals surface area contributed by atoms with E-state index in [9.17, 15) is 9.59 Å². The maximum atomic E-state index is 12.8. The molecule has 0 bridgehead atoms. The quantitative estimate of drug-likeness (QED) is 0.414. The molecule has 0 aliphatic carbocycles. The lowest BCUT2D eigenvalue weighted by Gasteiger charge is -2.07. The first-order valence-electron chi connectivity index (χ1n) is 10.1. The van der Waals surface area contributed by atoms with Gasteiger partial charge in [-0.3, -0.25) is 14.6 Å². The molecule has 32 heavy (non-hydrogen) atoms. The number of carbonyl (C=O) groups is 2. The van der Waals surface area contributed by atoms with E-state index in [1.165, 1.54) is 0 Å². The molecular weight excluding hydrogens is 424 g/mol. The lowest BCUT2D eigenvalue weighted by molar-refractivity contribution is -0.115. The number of para-hydroxylation sites is 1. The van der Waals surface area contributed by atoms with Gasteiger partial charge >= 0.3 is 0 Å². The number of halogens is 1. The molecule has 7 heteroatoms. The van der Waals surface area contributed by atoms with Crippen LogP contribution >= 0.6 is 11.6 Å². The number of carbonyl (C=O) groups excluding carboxylic acids is 2. The molecule has 0 spiro atoms. The summed E-state index contributed by atoms with van der Waals surface area (Å²) in [6.07, 6.45) is 5.58. The van der Waals surface area contributed by atoms with Crippen molar-refractivity contribution in [2.24, 2.45) is 0 Å². The van der Waals surface area contributed by atoms with E-state index in [4.69, 9.17) is 11.6 Å². The van der Waals surface area contributed by atoms with Crippen LogP contribution in [0.25, 0.3) is 5.69 Å². The molecule has 0 aliphatic rings. The van der Waals surface area contributed by atoms with Crippen LogP contribution in [-0.4, -0.2) is 26.5 Å². The number of amides is 1. The molecule has 0 saturated carbocycles. The van der Waals surface area contributed by atoms with E-state index in [0.717, 1.165) is 22.5 Å². The number of hydrogen-bond acceptors (Lipinski definition) is 4. The minimum absolute atomic E-state index is 0.00875. The molecule has 1 amide bonds. The van der Waals surface area contributed by atoms with Crippen molar-refractivity contribution >= 4 is 29.0 Å². The maximum Gasteiger partial charge on any atom is 0.228 e. The Kier molecular flexibility index (Phi) is 6.42. The molecule has 2 aromatic carbocycles. The Bertz CT molecular complexity index is 1280. The van der Waals surface area contributed by atoms with Gasteiger partial charge in [0.2, 0.25) is 5.91 Å². The molecule has 4 aromatic rings. The molecule has 0 aliphatic heterocycles. The molecule has 2 aromatic heterocycles. The third kappa shape index (κ3) is 5.10. The second-order valence-electron chi connectivity index (χ2n) is 7.40. The molecule has 0 fully saturated rings. The molecular formula is C25H21ClN4O2. The van der Waals surface area contributed by atoms with E-state index < -0.39 is 0 Å². The monoisotopic (exact) mass is 444 g/mol. The number of aryl methyl sites for hydroxylation is 1. The van der Waals surface area contributed by atoms with Crippen molar-refractivity contribution in [3.8, 4) is 5.69 Å². The van der Waals surface area contributed by atoms with E-state index >= 15 is 0 Å². The number of anilines is 1. The summed E-state index contributed by atoms with van der Waals surface area (Å²) >= 11 is 6.09. The first-order valence-corrected chi connectivity index (χ1v) is 10.5. The van der Waals surface area contributed by atoms with Crippen LogP contribution < -0.4 is 5.32 Å². The van der Waals surface area contributed by atoms with E-state index in [0.29, 0.717) is 16.3 Å². The molecule has 2 heterocycles. The Balaban J connectivity index is 1.45. The van der Waals surface area contributed by atoms with Crippen molar-refractivity contribution < 1.29 is 9.59 Å². The Morgan fingerprint density at radius 3 is 2.69 bits per heavy atom. The fourth-order valence-corrected chi connectivity index (χ4v) is 3.52. The fourth-order valence-electron chi connectivity index (χ4n) is 3.34. The van der Waals surface area contributed by atoms with Gasteiger partial charge < -0.3 is 5.32 Å². The van der Waals surface area contributed by atoms with Crippen LogP contribution in [-0.2, 0) is 17.6 Å². The summed E-state index contributed by atoms with van der Waals surface area (Å²) in [6, 6.07) is 18.1. The van der Waals surface area contributed by atoms with Crippen molar-refractivity contribution in [2.75, 3.05) is 5.32 Å². The van der Waals surface area contributed by atoms with Crippen LogP contribution in [0.1, 0.15) is 27.2 Å². The molecule has 0 radical (unpaired) electrons. The zero-order valence-electron chi connectivity index (χ0n) is 17.5. The number of Topliss-reactive ketones (excluding diaryl/α,β-unsaturated/α-hetero) is 1. The van der Waals surface area contributed by atoms with Crippen molar-refractivity contribution in [3.05, 3.63) is 107 Å². The highest BCUT2D eigenvalue weighted by atomic mass is 35.5. The van der Waals surface area contributed by atoms with Crippen LogP contribution in [0.2, 0.25) is 5.02 Å². The Hall–Kier alpha value is -3.77. The van der Waals surface area contributed by atoms with Gasteiger partial charge in [-0.1, -0.05) is 41.9 Å². The van der Waals surface area contributed by atoms with Crippen molar-refractivity contribution in [1.82, 2.24) is 14.8 Å². The molecule has 0 unspecified atom stereocenters. The average molecular weight is 445 g/mol. The number of nitrogens with zero attached hydrogens (tertiary/aromatic N) is 3.